The number of methoxy groups -OCH3 is 1. The molecule has 0 aliphatic heterocycles. The van der Waals surface area contributed by atoms with Crippen molar-refractivity contribution >= 4 is 39.1 Å². The number of hydrogen-bond donors (Lipinski definition) is 2. The molecule has 0 fully saturated rings. The van der Waals surface area contributed by atoms with Crippen LogP contribution >= 0.6 is 23.2 Å². The van der Waals surface area contributed by atoms with Crippen LogP contribution in [0.5, 0.6) is 5.75 Å². The van der Waals surface area contributed by atoms with Crippen molar-refractivity contribution in [3.05, 3.63) is 57.6 Å². The summed E-state index contributed by atoms with van der Waals surface area (Å²) in [7, 11) is -2.42. The van der Waals surface area contributed by atoms with Gasteiger partial charge in [-0.2, -0.15) is 0 Å². The molecular weight excluding hydrogens is 411 g/mol. The number of halogens is 2. The van der Waals surface area contributed by atoms with E-state index in [1.165, 1.54) is 25.3 Å². The summed E-state index contributed by atoms with van der Waals surface area (Å²) in [6, 6.07) is 9.20. The molecule has 0 radical (unpaired) electrons. The first-order valence-electron chi connectivity index (χ1n) is 8.18. The van der Waals surface area contributed by atoms with E-state index in [9.17, 15) is 13.2 Å². The van der Waals surface area contributed by atoms with Crippen molar-refractivity contribution in [2.45, 2.75) is 24.8 Å². The highest BCUT2D eigenvalue weighted by Crippen LogP contribution is 2.25. The van der Waals surface area contributed by atoms with Gasteiger partial charge in [-0.3, -0.25) is 4.79 Å². The fourth-order valence-corrected chi connectivity index (χ4v) is 4.09. The summed E-state index contributed by atoms with van der Waals surface area (Å²) < 4.78 is 32.5. The highest BCUT2D eigenvalue weighted by atomic mass is 35.5. The molecule has 2 aromatic rings. The van der Waals surface area contributed by atoms with Gasteiger partial charge in [-0.25, -0.2) is 13.1 Å². The highest BCUT2D eigenvalue weighted by Gasteiger charge is 2.21. The summed E-state index contributed by atoms with van der Waals surface area (Å²) in [5.41, 5.74) is 0.887. The molecule has 0 spiro atoms. The minimum absolute atomic E-state index is 0.0874. The Bertz CT molecular complexity index is 933. The number of nitrogens with one attached hydrogen (secondary N) is 2. The van der Waals surface area contributed by atoms with Gasteiger partial charge < -0.3 is 10.1 Å². The van der Waals surface area contributed by atoms with Crippen LogP contribution in [0.1, 0.15) is 29.3 Å². The van der Waals surface area contributed by atoms with Crippen molar-refractivity contribution < 1.29 is 17.9 Å². The third-order valence-corrected chi connectivity index (χ3v) is 5.78. The van der Waals surface area contributed by atoms with E-state index in [-0.39, 0.29) is 29.3 Å². The third-order valence-electron chi connectivity index (χ3n) is 3.71. The number of rotatable bonds is 8. The van der Waals surface area contributed by atoms with Gasteiger partial charge in [0.1, 0.15) is 10.6 Å². The van der Waals surface area contributed by atoms with Crippen molar-refractivity contribution in [2.75, 3.05) is 13.7 Å². The average Bonchev–Trinajstić information content (AvgIpc) is 2.65. The number of ether oxygens (including phenoxy) is 1. The van der Waals surface area contributed by atoms with Crippen molar-refractivity contribution in [3.8, 4) is 5.75 Å². The van der Waals surface area contributed by atoms with Crippen molar-refractivity contribution in [1.82, 2.24) is 10.0 Å². The van der Waals surface area contributed by atoms with Crippen molar-refractivity contribution in [2.24, 2.45) is 0 Å². The molecule has 0 saturated heterocycles. The SMILES string of the molecule is CCCNS(=O)(=O)c1cc(C(=O)NCc2ccc(Cl)cc2Cl)ccc1OC. The number of hydrogen-bond acceptors (Lipinski definition) is 4. The molecule has 0 saturated carbocycles. The van der Waals surface area contributed by atoms with E-state index in [0.717, 1.165) is 0 Å². The Morgan fingerprint density at radius 1 is 1.15 bits per heavy atom. The third kappa shape index (κ3) is 5.59. The Morgan fingerprint density at radius 3 is 2.52 bits per heavy atom. The number of amides is 1. The van der Waals surface area contributed by atoms with Crippen LogP contribution < -0.4 is 14.8 Å². The van der Waals surface area contributed by atoms with Gasteiger partial charge in [0.05, 0.1) is 7.11 Å². The molecule has 0 atom stereocenters. The summed E-state index contributed by atoms with van der Waals surface area (Å²) in [5, 5.41) is 3.65. The number of benzene rings is 2. The highest BCUT2D eigenvalue weighted by molar-refractivity contribution is 7.89. The second kappa shape index (κ2) is 9.41. The van der Waals surface area contributed by atoms with Crippen LogP contribution in [0.25, 0.3) is 0 Å². The van der Waals surface area contributed by atoms with E-state index in [2.05, 4.69) is 10.0 Å². The summed E-state index contributed by atoms with van der Waals surface area (Å²) >= 11 is 11.9. The molecule has 0 aromatic heterocycles. The monoisotopic (exact) mass is 430 g/mol. The quantitative estimate of drug-likeness (QED) is 0.669. The van der Waals surface area contributed by atoms with Crippen molar-refractivity contribution in [3.63, 3.8) is 0 Å². The summed E-state index contributed by atoms with van der Waals surface area (Å²) in [4.78, 5) is 12.4. The van der Waals surface area contributed by atoms with Crippen LogP contribution in [-0.2, 0) is 16.6 Å². The van der Waals surface area contributed by atoms with Crippen LogP contribution in [0, 0.1) is 0 Å². The predicted molar refractivity (Wildman–Crippen MR) is 106 cm³/mol. The lowest BCUT2D eigenvalue weighted by Crippen LogP contribution is -2.26. The zero-order chi connectivity index (χ0) is 20.0. The molecule has 27 heavy (non-hydrogen) atoms. The van der Waals surface area contributed by atoms with Gasteiger partial charge in [0, 0.05) is 28.7 Å². The Hall–Kier alpha value is -1.80. The van der Waals surface area contributed by atoms with Gasteiger partial charge in [-0.05, 0) is 42.3 Å². The lowest BCUT2D eigenvalue weighted by molar-refractivity contribution is 0.0950. The van der Waals surface area contributed by atoms with Crippen LogP contribution in [0.2, 0.25) is 10.0 Å². The predicted octanol–water partition coefficient (Wildman–Crippen LogP) is 3.62. The van der Waals surface area contributed by atoms with Gasteiger partial charge >= 0.3 is 0 Å². The van der Waals surface area contributed by atoms with Gasteiger partial charge in [-0.1, -0.05) is 36.2 Å². The lowest BCUT2D eigenvalue weighted by Gasteiger charge is -2.12. The van der Waals surface area contributed by atoms with Gasteiger partial charge in [0.2, 0.25) is 10.0 Å². The smallest absolute Gasteiger partial charge is 0.251 e. The molecule has 2 aromatic carbocycles. The molecule has 1 amide bonds. The Labute approximate surface area is 168 Å². The maximum Gasteiger partial charge on any atom is 0.251 e. The fourth-order valence-electron chi connectivity index (χ4n) is 2.28. The zero-order valence-electron chi connectivity index (χ0n) is 14.9. The van der Waals surface area contributed by atoms with E-state index in [0.29, 0.717) is 22.0 Å². The first-order chi connectivity index (χ1) is 12.8. The molecule has 0 bridgehead atoms. The first kappa shape index (κ1) is 21.5. The maximum absolute atomic E-state index is 12.5. The van der Waals surface area contributed by atoms with E-state index in [4.69, 9.17) is 27.9 Å². The second-order valence-corrected chi connectivity index (χ2v) is 8.26. The van der Waals surface area contributed by atoms with Crippen molar-refractivity contribution in [1.29, 1.82) is 0 Å². The molecular formula is C18H20Cl2N2O4S. The Morgan fingerprint density at radius 2 is 1.89 bits per heavy atom. The molecule has 146 valence electrons. The van der Waals surface area contributed by atoms with E-state index >= 15 is 0 Å². The first-order valence-corrected chi connectivity index (χ1v) is 10.4. The van der Waals surface area contributed by atoms with Gasteiger partial charge in [0.15, 0.2) is 0 Å². The minimum atomic E-state index is -3.79. The van der Waals surface area contributed by atoms with Gasteiger partial charge in [-0.15, -0.1) is 0 Å². The average molecular weight is 431 g/mol. The van der Waals surface area contributed by atoms with E-state index < -0.39 is 15.9 Å². The van der Waals surface area contributed by atoms with Crippen LogP contribution in [0.3, 0.4) is 0 Å². The molecule has 9 heteroatoms. The molecule has 2 rings (SSSR count). The normalized spacial score (nSPS) is 11.3. The number of carbonyl (C=O) groups excluding carboxylic acids is 1. The van der Waals surface area contributed by atoms with Crippen LogP contribution in [-0.4, -0.2) is 28.0 Å². The molecule has 0 unspecified atom stereocenters. The summed E-state index contributed by atoms with van der Waals surface area (Å²) in [6.07, 6.45) is 0.642. The van der Waals surface area contributed by atoms with Crippen LogP contribution in [0.15, 0.2) is 41.3 Å². The largest absolute Gasteiger partial charge is 0.495 e. The Balaban J connectivity index is 2.22. The second-order valence-electron chi connectivity index (χ2n) is 5.68. The molecule has 0 aliphatic carbocycles. The standard InChI is InChI=1S/C18H20Cl2N2O4S/c1-3-8-22-27(24,25)17-9-12(5-7-16(17)26-2)18(23)21-11-13-4-6-14(19)10-15(13)20/h4-7,9-10,22H,3,8,11H2,1-2H3,(H,21,23). The number of carbonyl (C=O) groups is 1. The topological polar surface area (TPSA) is 84.5 Å². The fraction of sp³-hybridized carbons (Fsp3) is 0.278. The molecule has 6 nitrogen and oxygen atoms in total. The molecule has 0 heterocycles. The maximum atomic E-state index is 12.5. The number of sulfonamides is 1. The van der Waals surface area contributed by atoms with Crippen LogP contribution in [0.4, 0.5) is 0 Å². The summed E-state index contributed by atoms with van der Waals surface area (Å²) in [6.45, 7) is 2.32. The lowest BCUT2D eigenvalue weighted by atomic mass is 10.2. The molecule has 2 N–H and O–H groups in total. The molecule has 0 aliphatic rings. The minimum Gasteiger partial charge on any atom is -0.495 e. The van der Waals surface area contributed by atoms with Gasteiger partial charge in [0.25, 0.3) is 5.91 Å². The zero-order valence-corrected chi connectivity index (χ0v) is 17.2. The Kier molecular flexibility index (Phi) is 7.49. The summed E-state index contributed by atoms with van der Waals surface area (Å²) in [5.74, 6) is -0.272. The van der Waals surface area contributed by atoms with E-state index in [1.54, 1.807) is 18.2 Å². The van der Waals surface area contributed by atoms with E-state index in [1.807, 2.05) is 6.92 Å².